The van der Waals surface area contributed by atoms with E-state index in [9.17, 15) is 13.2 Å². The van der Waals surface area contributed by atoms with E-state index in [1.54, 1.807) is 13.8 Å². The van der Waals surface area contributed by atoms with Crippen molar-refractivity contribution in [1.29, 1.82) is 0 Å². The van der Waals surface area contributed by atoms with Gasteiger partial charge in [0, 0.05) is 6.54 Å². The van der Waals surface area contributed by atoms with Gasteiger partial charge in [0.25, 0.3) is 0 Å². The number of carbonyl (C=O) groups excluding carboxylic acids is 1. The van der Waals surface area contributed by atoms with E-state index in [2.05, 4.69) is 20.7 Å². The highest BCUT2D eigenvalue weighted by molar-refractivity contribution is 7.89. The van der Waals surface area contributed by atoms with E-state index in [0.717, 1.165) is 70.4 Å². The van der Waals surface area contributed by atoms with Gasteiger partial charge in [-0.25, -0.2) is 8.42 Å². The number of hydrogen-bond acceptors (Lipinski definition) is 7. The van der Waals surface area contributed by atoms with Crippen molar-refractivity contribution >= 4 is 15.9 Å². The Morgan fingerprint density at radius 1 is 0.800 bits per heavy atom. The van der Waals surface area contributed by atoms with Crippen molar-refractivity contribution in [2.24, 2.45) is 11.5 Å². The fraction of sp³-hybridized carbons (Fsp3) is 0.720. The lowest BCUT2D eigenvalue weighted by Crippen LogP contribution is -2.47. The Labute approximate surface area is 212 Å². The molecule has 1 aromatic rings. The second-order valence-corrected chi connectivity index (χ2v) is 10.8. The molecule has 0 bridgehead atoms. The summed E-state index contributed by atoms with van der Waals surface area (Å²) < 4.78 is 29.0. The van der Waals surface area contributed by atoms with E-state index in [4.69, 9.17) is 11.5 Å². The molecule has 9 nitrogen and oxygen atoms in total. The van der Waals surface area contributed by atoms with E-state index >= 15 is 0 Å². The van der Waals surface area contributed by atoms with Crippen LogP contribution in [0.2, 0.25) is 0 Å². The van der Waals surface area contributed by atoms with Crippen LogP contribution in [0.25, 0.3) is 0 Å². The number of benzene rings is 1. The van der Waals surface area contributed by atoms with Gasteiger partial charge in [0.2, 0.25) is 15.9 Å². The molecule has 0 aliphatic rings. The number of amides is 1. The fourth-order valence-electron chi connectivity index (χ4n) is 4.10. The van der Waals surface area contributed by atoms with Crippen LogP contribution in [0.1, 0.15) is 61.6 Å². The summed E-state index contributed by atoms with van der Waals surface area (Å²) in [6, 6.07) is 2.86. The molecule has 1 atom stereocenters. The van der Waals surface area contributed by atoms with E-state index in [-0.39, 0.29) is 10.8 Å². The van der Waals surface area contributed by atoms with Crippen LogP contribution in [-0.4, -0.2) is 66.2 Å². The second kappa shape index (κ2) is 17.8. The minimum absolute atomic E-state index is 0.249. The number of carbonyl (C=O) groups is 1. The Morgan fingerprint density at radius 3 is 1.91 bits per heavy atom. The standard InChI is InChI=1S/C25H48N6O3S/c1-20-18-21(2)24(22(3)19-20)35(33,34)31-23(10-4-5-11-26)25(32)30-17-9-16-29-14-7-6-13-28-15-8-12-27/h18-19,23,28-29,31H,4-17,26-27H2,1-3H3,(H,30,32)/t23-/m1/s1. The predicted molar refractivity (Wildman–Crippen MR) is 144 cm³/mol. The van der Waals surface area contributed by atoms with Crippen LogP contribution in [0.15, 0.2) is 17.0 Å². The summed E-state index contributed by atoms with van der Waals surface area (Å²) in [6.45, 7) is 10.9. The number of rotatable bonds is 20. The highest BCUT2D eigenvalue weighted by Crippen LogP contribution is 2.22. The normalized spacial score (nSPS) is 12.6. The molecule has 0 unspecified atom stereocenters. The lowest BCUT2D eigenvalue weighted by atomic mass is 10.1. The lowest BCUT2D eigenvalue weighted by molar-refractivity contribution is -0.122. The highest BCUT2D eigenvalue weighted by Gasteiger charge is 2.27. The van der Waals surface area contributed by atoms with Gasteiger partial charge in [-0.15, -0.1) is 0 Å². The zero-order valence-electron chi connectivity index (χ0n) is 21.9. The average molecular weight is 513 g/mol. The quantitative estimate of drug-likeness (QED) is 0.144. The van der Waals surface area contributed by atoms with Gasteiger partial charge in [-0.2, -0.15) is 4.72 Å². The van der Waals surface area contributed by atoms with Crippen molar-refractivity contribution in [2.75, 3.05) is 45.8 Å². The maximum atomic E-state index is 13.2. The van der Waals surface area contributed by atoms with Crippen molar-refractivity contribution in [3.05, 3.63) is 28.8 Å². The van der Waals surface area contributed by atoms with Gasteiger partial charge in [-0.3, -0.25) is 4.79 Å². The number of unbranched alkanes of at least 4 members (excludes halogenated alkanes) is 2. The maximum absolute atomic E-state index is 13.2. The first kappa shape index (κ1) is 31.5. The predicted octanol–water partition coefficient (Wildman–Crippen LogP) is 1.20. The summed E-state index contributed by atoms with van der Waals surface area (Å²) in [7, 11) is -3.84. The molecule has 1 aromatic carbocycles. The van der Waals surface area contributed by atoms with Gasteiger partial charge in [0.15, 0.2) is 0 Å². The minimum Gasteiger partial charge on any atom is -0.355 e. The minimum atomic E-state index is -3.84. The Morgan fingerprint density at radius 2 is 1.34 bits per heavy atom. The molecule has 10 heteroatoms. The second-order valence-electron chi connectivity index (χ2n) is 9.18. The van der Waals surface area contributed by atoms with Gasteiger partial charge >= 0.3 is 0 Å². The SMILES string of the molecule is Cc1cc(C)c(S(=O)(=O)N[C@H](CCCCN)C(=O)NCCCNCCCCNCCCN)c(C)c1. The van der Waals surface area contributed by atoms with Gasteiger partial charge < -0.3 is 27.4 Å². The summed E-state index contributed by atoms with van der Waals surface area (Å²) in [5.41, 5.74) is 13.4. The van der Waals surface area contributed by atoms with E-state index in [1.165, 1.54) is 0 Å². The summed E-state index contributed by atoms with van der Waals surface area (Å²) in [5.74, 6) is -0.295. The molecule has 202 valence electrons. The number of hydrogen-bond donors (Lipinski definition) is 6. The monoisotopic (exact) mass is 512 g/mol. The maximum Gasteiger partial charge on any atom is 0.241 e. The lowest BCUT2D eigenvalue weighted by Gasteiger charge is -2.20. The third-order valence-electron chi connectivity index (χ3n) is 5.78. The molecule has 0 radical (unpaired) electrons. The van der Waals surface area contributed by atoms with Gasteiger partial charge in [0.1, 0.15) is 6.04 Å². The third kappa shape index (κ3) is 12.8. The molecule has 1 amide bonds. The topological polar surface area (TPSA) is 151 Å². The number of nitrogens with two attached hydrogens (primary N) is 2. The van der Waals surface area contributed by atoms with Crippen LogP contribution in [-0.2, 0) is 14.8 Å². The van der Waals surface area contributed by atoms with E-state index < -0.39 is 16.1 Å². The Balaban J connectivity index is 2.49. The van der Waals surface area contributed by atoms with Crippen LogP contribution in [0.3, 0.4) is 0 Å². The van der Waals surface area contributed by atoms with Crippen molar-refractivity contribution in [1.82, 2.24) is 20.7 Å². The molecule has 0 heterocycles. The summed E-state index contributed by atoms with van der Waals surface area (Å²) in [6.07, 6.45) is 5.79. The fourth-order valence-corrected chi connectivity index (χ4v) is 5.78. The van der Waals surface area contributed by atoms with Crippen molar-refractivity contribution in [3.8, 4) is 0 Å². The number of sulfonamides is 1. The molecule has 0 aliphatic heterocycles. The van der Waals surface area contributed by atoms with Crippen molar-refractivity contribution in [2.45, 2.75) is 76.7 Å². The molecule has 0 saturated heterocycles. The van der Waals surface area contributed by atoms with Crippen LogP contribution in [0.5, 0.6) is 0 Å². The summed E-state index contributed by atoms with van der Waals surface area (Å²) in [4.78, 5) is 13.1. The molecule has 8 N–H and O–H groups in total. The largest absolute Gasteiger partial charge is 0.355 e. The van der Waals surface area contributed by atoms with Gasteiger partial charge in [-0.1, -0.05) is 24.1 Å². The molecule has 0 fully saturated rings. The summed E-state index contributed by atoms with van der Waals surface area (Å²) in [5, 5.41) is 9.64. The zero-order chi connectivity index (χ0) is 26.1. The Kier molecular flexibility index (Phi) is 16.0. The van der Waals surface area contributed by atoms with Crippen LogP contribution in [0, 0.1) is 20.8 Å². The third-order valence-corrected chi connectivity index (χ3v) is 7.55. The number of nitrogens with one attached hydrogen (secondary N) is 4. The molecule has 1 rings (SSSR count). The van der Waals surface area contributed by atoms with E-state index in [0.29, 0.717) is 37.1 Å². The van der Waals surface area contributed by atoms with E-state index in [1.807, 2.05) is 19.1 Å². The molecule has 0 aromatic heterocycles. The zero-order valence-corrected chi connectivity index (χ0v) is 22.7. The molecule has 0 saturated carbocycles. The van der Waals surface area contributed by atoms with Gasteiger partial charge in [-0.05, 0) is 110 Å². The number of aryl methyl sites for hydroxylation is 3. The Bertz CT molecular complexity index is 825. The van der Waals surface area contributed by atoms with Crippen LogP contribution in [0.4, 0.5) is 0 Å². The van der Waals surface area contributed by atoms with Crippen LogP contribution >= 0.6 is 0 Å². The Hall–Kier alpha value is -1.56. The van der Waals surface area contributed by atoms with Crippen molar-refractivity contribution in [3.63, 3.8) is 0 Å². The van der Waals surface area contributed by atoms with Crippen molar-refractivity contribution < 1.29 is 13.2 Å². The van der Waals surface area contributed by atoms with Crippen LogP contribution < -0.4 is 32.1 Å². The first-order valence-corrected chi connectivity index (χ1v) is 14.4. The molecule has 35 heavy (non-hydrogen) atoms. The molecular formula is C25H48N6O3S. The first-order chi connectivity index (χ1) is 16.7. The molecule has 0 aliphatic carbocycles. The smallest absolute Gasteiger partial charge is 0.241 e. The molecular weight excluding hydrogens is 464 g/mol. The summed E-state index contributed by atoms with van der Waals surface area (Å²) >= 11 is 0. The average Bonchev–Trinajstić information content (AvgIpc) is 2.78. The highest BCUT2D eigenvalue weighted by atomic mass is 32.2. The van der Waals surface area contributed by atoms with Gasteiger partial charge in [0.05, 0.1) is 4.90 Å². The molecule has 0 spiro atoms. The first-order valence-electron chi connectivity index (χ1n) is 12.9.